The van der Waals surface area contributed by atoms with Crippen LogP contribution >= 0.6 is 22.7 Å². The lowest BCUT2D eigenvalue weighted by atomic mass is 10.0. The lowest BCUT2D eigenvalue weighted by Gasteiger charge is -2.23. The standard InChI is InChI=1S/C24H24N2O5S2/c1-5-30-17-12-15(9-10-16(17)29-4)13-19-22(27)26-21(18-8-7-11-32-18)20(23(28)31-6-2)14(3)25-24(26)33-19/h7-13,21H,5-6H2,1-4H3/b19-13-/t21-/m0/s1. The number of nitrogens with zero attached hydrogens (tertiary/aromatic N) is 2. The Morgan fingerprint density at radius 1 is 1.21 bits per heavy atom. The monoisotopic (exact) mass is 484 g/mol. The lowest BCUT2D eigenvalue weighted by molar-refractivity contribution is -0.139. The van der Waals surface area contributed by atoms with E-state index in [0.29, 0.717) is 38.7 Å². The number of thiophene rings is 1. The summed E-state index contributed by atoms with van der Waals surface area (Å²) in [7, 11) is 1.59. The number of ether oxygens (including phenoxy) is 3. The van der Waals surface area contributed by atoms with Crippen molar-refractivity contribution in [1.82, 2.24) is 4.57 Å². The zero-order valence-electron chi connectivity index (χ0n) is 18.8. The molecule has 1 aliphatic heterocycles. The van der Waals surface area contributed by atoms with Gasteiger partial charge in [-0.2, -0.15) is 0 Å². The maximum atomic E-state index is 13.5. The van der Waals surface area contributed by atoms with Gasteiger partial charge in [0.25, 0.3) is 5.56 Å². The first-order chi connectivity index (χ1) is 16.0. The number of rotatable bonds is 7. The number of allylic oxidation sites excluding steroid dienone is 1. The van der Waals surface area contributed by atoms with E-state index >= 15 is 0 Å². The van der Waals surface area contributed by atoms with Crippen molar-refractivity contribution in [3.63, 3.8) is 0 Å². The van der Waals surface area contributed by atoms with E-state index in [9.17, 15) is 9.59 Å². The van der Waals surface area contributed by atoms with Gasteiger partial charge in [0.05, 0.1) is 36.1 Å². The SMILES string of the molecule is CCOC(=O)C1=C(C)N=c2s/c(=C\c3ccc(OC)c(OCC)c3)c(=O)n2[C@H]1c1cccs1. The Morgan fingerprint density at radius 3 is 2.70 bits per heavy atom. The van der Waals surface area contributed by atoms with Crippen LogP contribution in [0.5, 0.6) is 11.5 Å². The van der Waals surface area contributed by atoms with Crippen LogP contribution in [0.4, 0.5) is 0 Å². The number of aromatic nitrogens is 1. The van der Waals surface area contributed by atoms with Crippen molar-refractivity contribution in [2.75, 3.05) is 20.3 Å². The molecule has 0 amide bonds. The Labute approximate surface area is 198 Å². The van der Waals surface area contributed by atoms with Crippen LogP contribution in [0.2, 0.25) is 0 Å². The minimum atomic E-state index is -0.572. The number of fused-ring (bicyclic) bond motifs is 1. The third kappa shape index (κ3) is 4.38. The number of benzene rings is 1. The van der Waals surface area contributed by atoms with Crippen LogP contribution in [-0.2, 0) is 9.53 Å². The molecule has 0 radical (unpaired) electrons. The fourth-order valence-electron chi connectivity index (χ4n) is 3.71. The van der Waals surface area contributed by atoms with Crippen molar-refractivity contribution in [3.05, 3.63) is 77.1 Å². The average Bonchev–Trinajstić information content (AvgIpc) is 3.42. The molecule has 172 valence electrons. The Kier molecular flexibility index (Phi) is 6.80. The van der Waals surface area contributed by atoms with E-state index in [2.05, 4.69) is 4.99 Å². The maximum Gasteiger partial charge on any atom is 0.338 e. The molecule has 0 spiro atoms. The summed E-state index contributed by atoms with van der Waals surface area (Å²) in [4.78, 5) is 32.4. The number of carbonyl (C=O) groups is 1. The van der Waals surface area contributed by atoms with Crippen LogP contribution in [0.1, 0.15) is 37.3 Å². The summed E-state index contributed by atoms with van der Waals surface area (Å²) in [5.74, 6) is 0.782. The molecule has 0 bridgehead atoms. The van der Waals surface area contributed by atoms with E-state index in [1.807, 2.05) is 42.6 Å². The molecular formula is C24H24N2O5S2. The van der Waals surface area contributed by atoms with E-state index < -0.39 is 12.0 Å². The summed E-state index contributed by atoms with van der Waals surface area (Å²) in [6.45, 7) is 6.18. The highest BCUT2D eigenvalue weighted by molar-refractivity contribution is 7.10. The predicted octanol–water partition coefficient (Wildman–Crippen LogP) is 3.27. The molecule has 7 nitrogen and oxygen atoms in total. The quantitative estimate of drug-likeness (QED) is 0.481. The van der Waals surface area contributed by atoms with Gasteiger partial charge in [0.1, 0.15) is 6.04 Å². The molecule has 1 aromatic carbocycles. The first-order valence-corrected chi connectivity index (χ1v) is 12.2. The average molecular weight is 485 g/mol. The van der Waals surface area contributed by atoms with Crippen molar-refractivity contribution in [2.45, 2.75) is 26.8 Å². The van der Waals surface area contributed by atoms with Crippen molar-refractivity contribution in [2.24, 2.45) is 4.99 Å². The van der Waals surface area contributed by atoms with Crippen LogP contribution in [0.25, 0.3) is 6.08 Å². The highest BCUT2D eigenvalue weighted by Gasteiger charge is 2.33. The molecule has 0 fully saturated rings. The Morgan fingerprint density at radius 2 is 2.03 bits per heavy atom. The Bertz CT molecular complexity index is 1380. The molecule has 0 aliphatic carbocycles. The van der Waals surface area contributed by atoms with Gasteiger partial charge in [-0.25, -0.2) is 9.79 Å². The van der Waals surface area contributed by atoms with Gasteiger partial charge in [-0.15, -0.1) is 11.3 Å². The molecule has 4 rings (SSSR count). The summed E-state index contributed by atoms with van der Waals surface area (Å²) in [6.07, 6.45) is 1.81. The zero-order valence-corrected chi connectivity index (χ0v) is 20.4. The molecule has 3 heterocycles. The summed E-state index contributed by atoms with van der Waals surface area (Å²) in [6, 6.07) is 8.77. The second-order valence-corrected chi connectivity index (χ2v) is 9.15. The minimum absolute atomic E-state index is 0.208. The zero-order chi connectivity index (χ0) is 23.5. The third-order valence-corrected chi connectivity index (χ3v) is 7.02. The molecule has 0 N–H and O–H groups in total. The van der Waals surface area contributed by atoms with Crippen LogP contribution in [0, 0.1) is 0 Å². The van der Waals surface area contributed by atoms with E-state index in [-0.39, 0.29) is 12.2 Å². The molecule has 0 saturated heterocycles. The summed E-state index contributed by atoms with van der Waals surface area (Å²) in [5.41, 5.74) is 1.54. The highest BCUT2D eigenvalue weighted by Crippen LogP contribution is 2.33. The number of carbonyl (C=O) groups excluding carboxylic acids is 1. The highest BCUT2D eigenvalue weighted by atomic mass is 32.1. The molecule has 33 heavy (non-hydrogen) atoms. The van der Waals surface area contributed by atoms with E-state index in [4.69, 9.17) is 14.2 Å². The van der Waals surface area contributed by atoms with Crippen molar-refractivity contribution in [3.8, 4) is 11.5 Å². The van der Waals surface area contributed by atoms with Gasteiger partial charge in [0.15, 0.2) is 16.3 Å². The van der Waals surface area contributed by atoms with Crippen LogP contribution in [-0.4, -0.2) is 30.9 Å². The number of methoxy groups -OCH3 is 1. The number of hydrogen-bond acceptors (Lipinski definition) is 8. The molecule has 1 aliphatic rings. The largest absolute Gasteiger partial charge is 0.493 e. The first-order valence-electron chi connectivity index (χ1n) is 10.5. The van der Waals surface area contributed by atoms with Crippen molar-refractivity contribution < 1.29 is 19.0 Å². The van der Waals surface area contributed by atoms with E-state index in [1.165, 1.54) is 22.7 Å². The summed E-state index contributed by atoms with van der Waals surface area (Å²) in [5, 5.41) is 1.93. The van der Waals surface area contributed by atoms with Gasteiger partial charge in [-0.05, 0) is 56.0 Å². The van der Waals surface area contributed by atoms with Crippen molar-refractivity contribution in [1.29, 1.82) is 0 Å². The third-order valence-electron chi connectivity index (χ3n) is 5.11. The first kappa shape index (κ1) is 23.0. The molecule has 3 aromatic rings. The normalized spacial score (nSPS) is 15.8. The van der Waals surface area contributed by atoms with E-state index in [0.717, 1.165) is 10.4 Å². The number of hydrogen-bond donors (Lipinski definition) is 0. The molecule has 2 aromatic heterocycles. The predicted molar refractivity (Wildman–Crippen MR) is 129 cm³/mol. The van der Waals surface area contributed by atoms with Crippen LogP contribution in [0.3, 0.4) is 0 Å². The smallest absolute Gasteiger partial charge is 0.338 e. The molecule has 0 unspecified atom stereocenters. The van der Waals surface area contributed by atoms with E-state index in [1.54, 1.807) is 31.6 Å². The maximum absolute atomic E-state index is 13.5. The van der Waals surface area contributed by atoms with Crippen LogP contribution < -0.4 is 24.4 Å². The summed E-state index contributed by atoms with van der Waals surface area (Å²) < 4.78 is 18.4. The number of thiazole rings is 1. The summed E-state index contributed by atoms with van der Waals surface area (Å²) >= 11 is 2.78. The number of esters is 1. The van der Waals surface area contributed by atoms with Gasteiger partial charge in [0.2, 0.25) is 0 Å². The molecular weight excluding hydrogens is 460 g/mol. The van der Waals surface area contributed by atoms with Gasteiger partial charge >= 0.3 is 5.97 Å². The van der Waals surface area contributed by atoms with Gasteiger partial charge in [-0.3, -0.25) is 9.36 Å². The van der Waals surface area contributed by atoms with Gasteiger partial charge in [0, 0.05) is 4.88 Å². The lowest BCUT2D eigenvalue weighted by Crippen LogP contribution is -2.39. The van der Waals surface area contributed by atoms with Crippen LogP contribution in [0.15, 0.2) is 56.8 Å². The fourth-order valence-corrected chi connectivity index (χ4v) is 5.58. The Balaban J connectivity index is 1.88. The molecule has 0 saturated carbocycles. The topological polar surface area (TPSA) is 79.1 Å². The second-order valence-electron chi connectivity index (χ2n) is 7.16. The van der Waals surface area contributed by atoms with Gasteiger partial charge < -0.3 is 14.2 Å². The minimum Gasteiger partial charge on any atom is -0.493 e. The molecule has 1 atom stereocenters. The molecule has 9 heteroatoms. The van der Waals surface area contributed by atoms with Crippen molar-refractivity contribution >= 4 is 34.7 Å². The fraction of sp³-hybridized carbons (Fsp3) is 0.292. The van der Waals surface area contributed by atoms with Gasteiger partial charge in [-0.1, -0.05) is 23.5 Å². The Hall–Kier alpha value is -3.17. The second kappa shape index (κ2) is 9.76.